The van der Waals surface area contributed by atoms with Crippen LogP contribution in [0.1, 0.15) is 56.4 Å². The van der Waals surface area contributed by atoms with E-state index in [4.69, 9.17) is 9.26 Å². The standard InChI is InChI=1S/C21H31N3O6S/c1-13-19(14(2)30-22-13)31(27,28)23-10-8-15(9-11-23)20(25)24-17-7-5-4-6-16(17)12-18(24)21(26)29-3/h15-18H,4-12H2,1-3H3. The number of ether oxygens (including phenoxy) is 1. The molecule has 3 atom stereocenters. The number of hydrogen-bond acceptors (Lipinski definition) is 7. The molecule has 3 aliphatic rings. The van der Waals surface area contributed by atoms with Gasteiger partial charge in [-0.1, -0.05) is 18.0 Å². The Morgan fingerprint density at radius 3 is 2.39 bits per heavy atom. The van der Waals surface area contributed by atoms with Crippen LogP contribution in [0.5, 0.6) is 0 Å². The fourth-order valence-electron chi connectivity index (χ4n) is 5.65. The van der Waals surface area contributed by atoms with Gasteiger partial charge in [0, 0.05) is 25.0 Å². The highest BCUT2D eigenvalue weighted by molar-refractivity contribution is 7.89. The fraction of sp³-hybridized carbons (Fsp3) is 0.762. The van der Waals surface area contributed by atoms with E-state index >= 15 is 0 Å². The number of esters is 1. The van der Waals surface area contributed by atoms with Gasteiger partial charge in [-0.05, 0) is 51.9 Å². The van der Waals surface area contributed by atoms with Gasteiger partial charge in [-0.25, -0.2) is 13.2 Å². The molecule has 1 aromatic heterocycles. The van der Waals surface area contributed by atoms with E-state index in [1.54, 1.807) is 18.7 Å². The first-order valence-corrected chi connectivity index (χ1v) is 12.5. The second-order valence-electron chi connectivity index (χ2n) is 8.96. The topological polar surface area (TPSA) is 110 Å². The average molecular weight is 454 g/mol. The van der Waals surface area contributed by atoms with Crippen LogP contribution in [0.25, 0.3) is 0 Å². The van der Waals surface area contributed by atoms with Gasteiger partial charge >= 0.3 is 5.97 Å². The summed E-state index contributed by atoms with van der Waals surface area (Å²) in [7, 11) is -2.35. The zero-order valence-electron chi connectivity index (χ0n) is 18.4. The van der Waals surface area contributed by atoms with E-state index < -0.39 is 16.1 Å². The monoisotopic (exact) mass is 453 g/mol. The smallest absolute Gasteiger partial charge is 0.328 e. The summed E-state index contributed by atoms with van der Waals surface area (Å²) in [5, 5.41) is 3.76. The maximum Gasteiger partial charge on any atom is 0.328 e. The molecule has 1 aliphatic carbocycles. The molecule has 4 rings (SSSR count). The zero-order valence-corrected chi connectivity index (χ0v) is 19.2. The third-order valence-electron chi connectivity index (χ3n) is 7.18. The Morgan fingerprint density at radius 2 is 1.77 bits per heavy atom. The van der Waals surface area contributed by atoms with Gasteiger partial charge in [0.05, 0.1) is 7.11 Å². The zero-order chi connectivity index (χ0) is 22.3. The van der Waals surface area contributed by atoms with Crippen molar-refractivity contribution < 1.29 is 27.3 Å². The molecule has 0 N–H and O–H groups in total. The van der Waals surface area contributed by atoms with Crippen LogP contribution in [-0.2, 0) is 24.3 Å². The average Bonchev–Trinajstić information content (AvgIpc) is 3.32. The van der Waals surface area contributed by atoms with Crippen molar-refractivity contribution >= 4 is 21.9 Å². The first kappa shape index (κ1) is 22.3. The van der Waals surface area contributed by atoms with Crippen molar-refractivity contribution in [3.05, 3.63) is 11.5 Å². The molecular weight excluding hydrogens is 422 g/mol. The van der Waals surface area contributed by atoms with Crippen LogP contribution in [0, 0.1) is 25.7 Å². The number of rotatable bonds is 4. The molecule has 0 radical (unpaired) electrons. The first-order chi connectivity index (χ1) is 14.8. The Balaban J connectivity index is 1.48. The summed E-state index contributed by atoms with van der Waals surface area (Å²) in [6.45, 7) is 3.71. The van der Waals surface area contributed by atoms with Crippen LogP contribution < -0.4 is 0 Å². The molecule has 2 aliphatic heterocycles. The minimum atomic E-state index is -3.72. The molecular formula is C21H31N3O6S. The second kappa shape index (κ2) is 8.54. The lowest BCUT2D eigenvalue weighted by Crippen LogP contribution is -2.51. The molecule has 0 spiro atoms. The van der Waals surface area contributed by atoms with E-state index in [2.05, 4.69) is 5.16 Å². The molecule has 0 aromatic carbocycles. The van der Waals surface area contributed by atoms with Crippen molar-refractivity contribution in [3.8, 4) is 0 Å². The van der Waals surface area contributed by atoms with Gasteiger partial charge in [-0.15, -0.1) is 0 Å². The van der Waals surface area contributed by atoms with Gasteiger partial charge in [-0.3, -0.25) is 4.79 Å². The number of carbonyl (C=O) groups is 2. The molecule has 1 amide bonds. The summed E-state index contributed by atoms with van der Waals surface area (Å²) in [6, 6.07) is -0.427. The Bertz CT molecular complexity index is 931. The Kier molecular flexibility index (Phi) is 6.13. The molecule has 9 nitrogen and oxygen atoms in total. The minimum absolute atomic E-state index is 0.0285. The van der Waals surface area contributed by atoms with E-state index in [1.165, 1.54) is 11.4 Å². The molecule has 2 saturated heterocycles. The number of methoxy groups -OCH3 is 1. The number of aryl methyl sites for hydroxylation is 2. The quantitative estimate of drug-likeness (QED) is 0.642. The van der Waals surface area contributed by atoms with Crippen LogP contribution in [0.15, 0.2) is 9.42 Å². The van der Waals surface area contributed by atoms with Crippen LogP contribution in [-0.4, -0.2) is 66.9 Å². The molecule has 1 aromatic rings. The largest absolute Gasteiger partial charge is 0.467 e. The number of nitrogens with zero attached hydrogens (tertiary/aromatic N) is 3. The highest BCUT2D eigenvalue weighted by atomic mass is 32.2. The fourth-order valence-corrected chi connectivity index (χ4v) is 7.41. The van der Waals surface area contributed by atoms with E-state index in [1.807, 2.05) is 0 Å². The van der Waals surface area contributed by atoms with Crippen molar-refractivity contribution in [2.24, 2.45) is 11.8 Å². The van der Waals surface area contributed by atoms with Gasteiger partial charge in [0.25, 0.3) is 0 Å². The van der Waals surface area contributed by atoms with Crippen molar-refractivity contribution in [1.82, 2.24) is 14.4 Å². The maximum atomic E-state index is 13.5. The predicted octanol–water partition coefficient (Wildman–Crippen LogP) is 2.02. The molecule has 3 unspecified atom stereocenters. The SMILES string of the molecule is COC(=O)C1CC2CCCCC2N1C(=O)C1CCN(S(=O)(=O)c2c(C)noc2C)CC1. The number of sulfonamides is 1. The van der Waals surface area contributed by atoms with Crippen molar-refractivity contribution in [2.75, 3.05) is 20.2 Å². The van der Waals surface area contributed by atoms with E-state index in [0.29, 0.717) is 30.9 Å². The highest BCUT2D eigenvalue weighted by Gasteiger charge is 2.49. The van der Waals surface area contributed by atoms with Crippen LogP contribution in [0.4, 0.5) is 0 Å². The number of likely N-dealkylation sites (tertiary alicyclic amines) is 1. The van der Waals surface area contributed by atoms with Gasteiger partial charge in [0.1, 0.15) is 16.6 Å². The summed E-state index contributed by atoms with van der Waals surface area (Å²) in [4.78, 5) is 27.8. The van der Waals surface area contributed by atoms with Gasteiger partial charge in [-0.2, -0.15) is 4.31 Å². The normalized spacial score (nSPS) is 27.8. The summed E-state index contributed by atoms with van der Waals surface area (Å²) >= 11 is 0. The number of hydrogen-bond donors (Lipinski definition) is 0. The van der Waals surface area contributed by atoms with Crippen molar-refractivity contribution in [1.29, 1.82) is 0 Å². The lowest BCUT2D eigenvalue weighted by atomic mass is 9.84. The van der Waals surface area contributed by atoms with E-state index in [0.717, 1.165) is 25.7 Å². The molecule has 172 valence electrons. The van der Waals surface area contributed by atoms with E-state index in [9.17, 15) is 18.0 Å². The molecule has 3 fully saturated rings. The van der Waals surface area contributed by atoms with Crippen molar-refractivity contribution in [2.45, 2.75) is 75.8 Å². The summed E-state index contributed by atoms with van der Waals surface area (Å²) in [5.74, 6) is -0.0388. The Hall–Kier alpha value is -1.94. The molecule has 10 heteroatoms. The minimum Gasteiger partial charge on any atom is -0.467 e. The molecule has 3 heterocycles. The lowest BCUT2D eigenvalue weighted by Gasteiger charge is -2.38. The summed E-state index contributed by atoms with van der Waals surface area (Å²) < 4.78 is 37.6. The van der Waals surface area contributed by atoms with Gasteiger partial charge < -0.3 is 14.2 Å². The van der Waals surface area contributed by atoms with Crippen LogP contribution >= 0.6 is 0 Å². The van der Waals surface area contributed by atoms with E-state index in [-0.39, 0.29) is 47.6 Å². The predicted molar refractivity (Wildman–Crippen MR) is 110 cm³/mol. The molecule has 31 heavy (non-hydrogen) atoms. The first-order valence-electron chi connectivity index (χ1n) is 11.1. The maximum absolute atomic E-state index is 13.5. The number of fused-ring (bicyclic) bond motifs is 1. The number of piperidine rings is 1. The van der Waals surface area contributed by atoms with Crippen molar-refractivity contribution in [3.63, 3.8) is 0 Å². The Morgan fingerprint density at radius 1 is 1.10 bits per heavy atom. The number of carbonyl (C=O) groups excluding carboxylic acids is 2. The summed E-state index contributed by atoms with van der Waals surface area (Å²) in [5.41, 5.74) is 0.344. The number of aromatic nitrogens is 1. The van der Waals surface area contributed by atoms with Gasteiger partial charge in [0.15, 0.2) is 5.76 Å². The lowest BCUT2D eigenvalue weighted by molar-refractivity contribution is -0.154. The molecule has 1 saturated carbocycles. The Labute approximate surface area is 183 Å². The van der Waals surface area contributed by atoms with Gasteiger partial charge in [0.2, 0.25) is 15.9 Å². The number of amides is 1. The third-order valence-corrected chi connectivity index (χ3v) is 9.33. The van der Waals surface area contributed by atoms with Crippen LogP contribution in [0.2, 0.25) is 0 Å². The molecule has 0 bridgehead atoms. The second-order valence-corrected chi connectivity index (χ2v) is 10.8. The third kappa shape index (κ3) is 3.88. The summed E-state index contributed by atoms with van der Waals surface area (Å²) in [6.07, 6.45) is 5.69. The highest BCUT2D eigenvalue weighted by Crippen LogP contribution is 2.41. The van der Waals surface area contributed by atoms with Crippen LogP contribution in [0.3, 0.4) is 0 Å².